The molecular weight excluding hydrogens is 376 g/mol. The molecule has 28 heavy (non-hydrogen) atoms. The van der Waals surface area contributed by atoms with Gasteiger partial charge >= 0.3 is 0 Å². The van der Waals surface area contributed by atoms with E-state index in [9.17, 15) is 8.42 Å². The van der Waals surface area contributed by atoms with Gasteiger partial charge in [-0.15, -0.1) is 0 Å². The van der Waals surface area contributed by atoms with Crippen molar-refractivity contribution in [3.63, 3.8) is 0 Å². The Morgan fingerprint density at radius 1 is 1.29 bits per heavy atom. The summed E-state index contributed by atoms with van der Waals surface area (Å²) in [7, 11) is -1.60. The van der Waals surface area contributed by atoms with Crippen molar-refractivity contribution in [2.75, 3.05) is 39.0 Å². The summed E-state index contributed by atoms with van der Waals surface area (Å²) in [5.41, 5.74) is 2.32. The first-order valence-corrected chi connectivity index (χ1v) is 11.7. The molecule has 0 atom stereocenters. The van der Waals surface area contributed by atoms with Gasteiger partial charge in [0, 0.05) is 19.6 Å². The Bertz CT molecular complexity index is 746. The minimum absolute atomic E-state index is 0.00198. The molecule has 0 amide bonds. The number of rotatable bonds is 11. The average Bonchev–Trinajstić information content (AvgIpc) is 2.60. The van der Waals surface area contributed by atoms with Crippen molar-refractivity contribution in [2.45, 2.75) is 39.5 Å². The number of guanidine groups is 1. The second-order valence-corrected chi connectivity index (χ2v) is 9.14. The van der Waals surface area contributed by atoms with E-state index in [1.807, 2.05) is 19.1 Å². The Morgan fingerprint density at radius 2 is 2.07 bits per heavy atom. The molecule has 158 valence electrons. The van der Waals surface area contributed by atoms with Crippen LogP contribution in [0.1, 0.15) is 37.3 Å². The van der Waals surface area contributed by atoms with Gasteiger partial charge in [0.25, 0.3) is 0 Å². The number of sulfonamides is 1. The summed E-state index contributed by atoms with van der Waals surface area (Å²) in [6, 6.07) is 6.12. The minimum Gasteiger partial charge on any atom is -0.496 e. The van der Waals surface area contributed by atoms with E-state index in [0.29, 0.717) is 31.5 Å². The smallest absolute Gasteiger partial charge is 0.213 e. The molecule has 1 aliphatic carbocycles. The van der Waals surface area contributed by atoms with Gasteiger partial charge in [-0.2, -0.15) is 0 Å². The van der Waals surface area contributed by atoms with Crippen LogP contribution in [0.5, 0.6) is 5.75 Å². The average molecular weight is 411 g/mol. The van der Waals surface area contributed by atoms with E-state index in [1.165, 1.54) is 12.0 Å². The molecule has 0 unspecified atom stereocenters. The van der Waals surface area contributed by atoms with Gasteiger partial charge in [0.1, 0.15) is 5.75 Å². The molecule has 1 fully saturated rings. The second-order valence-electron chi connectivity index (χ2n) is 7.22. The van der Waals surface area contributed by atoms with Crippen LogP contribution in [0.2, 0.25) is 0 Å². The van der Waals surface area contributed by atoms with Gasteiger partial charge in [-0.1, -0.05) is 24.1 Å². The normalized spacial score (nSPS) is 15.2. The highest BCUT2D eigenvalue weighted by atomic mass is 32.2. The largest absolute Gasteiger partial charge is 0.496 e. The SMILES string of the molecule is CCNC(=NCCS(=O)(=O)NCC1CCC1)NCCc1cc(C)ccc1OC. The molecule has 0 aromatic heterocycles. The highest BCUT2D eigenvalue weighted by Gasteiger charge is 2.19. The van der Waals surface area contributed by atoms with Crippen LogP contribution in [0.25, 0.3) is 0 Å². The van der Waals surface area contributed by atoms with E-state index in [2.05, 4.69) is 33.3 Å². The van der Waals surface area contributed by atoms with Crippen molar-refractivity contribution in [3.05, 3.63) is 29.3 Å². The Balaban J connectivity index is 1.80. The second kappa shape index (κ2) is 11.3. The van der Waals surface area contributed by atoms with Crippen molar-refractivity contribution in [1.82, 2.24) is 15.4 Å². The predicted molar refractivity (Wildman–Crippen MR) is 115 cm³/mol. The summed E-state index contributed by atoms with van der Waals surface area (Å²) < 4.78 is 32.3. The van der Waals surface area contributed by atoms with Crippen molar-refractivity contribution < 1.29 is 13.2 Å². The molecule has 1 saturated carbocycles. The molecule has 7 nitrogen and oxygen atoms in total. The number of hydrogen-bond acceptors (Lipinski definition) is 4. The third kappa shape index (κ3) is 7.67. The molecule has 0 bridgehead atoms. The van der Waals surface area contributed by atoms with Gasteiger partial charge in [-0.25, -0.2) is 13.1 Å². The fourth-order valence-electron chi connectivity index (χ4n) is 3.05. The first-order chi connectivity index (χ1) is 13.4. The van der Waals surface area contributed by atoms with Crippen LogP contribution in [0, 0.1) is 12.8 Å². The molecule has 0 saturated heterocycles. The topological polar surface area (TPSA) is 91.8 Å². The molecule has 1 aromatic rings. The molecule has 3 N–H and O–H groups in total. The van der Waals surface area contributed by atoms with Gasteiger partial charge in [0.05, 0.1) is 19.4 Å². The fraction of sp³-hybridized carbons (Fsp3) is 0.650. The Hall–Kier alpha value is -1.80. The van der Waals surface area contributed by atoms with Crippen LogP contribution in [0.4, 0.5) is 0 Å². The summed E-state index contributed by atoms with van der Waals surface area (Å²) >= 11 is 0. The van der Waals surface area contributed by atoms with Crippen molar-refractivity contribution in [2.24, 2.45) is 10.9 Å². The molecular formula is C20H34N4O3S. The Kier molecular flexibility index (Phi) is 9.05. The third-order valence-electron chi connectivity index (χ3n) is 4.91. The molecule has 0 aliphatic heterocycles. The van der Waals surface area contributed by atoms with Gasteiger partial charge in [-0.3, -0.25) is 4.99 Å². The fourth-order valence-corrected chi connectivity index (χ4v) is 4.02. The lowest BCUT2D eigenvalue weighted by molar-refractivity contribution is 0.316. The Morgan fingerprint density at radius 3 is 2.71 bits per heavy atom. The predicted octanol–water partition coefficient (Wildman–Crippen LogP) is 1.82. The molecule has 0 heterocycles. The van der Waals surface area contributed by atoms with E-state index in [4.69, 9.17) is 4.74 Å². The number of hydrogen-bond donors (Lipinski definition) is 3. The highest BCUT2D eigenvalue weighted by Crippen LogP contribution is 2.25. The van der Waals surface area contributed by atoms with Gasteiger partial charge in [0.2, 0.25) is 10.0 Å². The lowest BCUT2D eigenvalue weighted by atomic mass is 9.86. The molecule has 0 radical (unpaired) electrons. The summed E-state index contributed by atoms with van der Waals surface area (Å²) in [5.74, 6) is 2.01. The number of nitrogens with one attached hydrogen (secondary N) is 3. The van der Waals surface area contributed by atoms with Gasteiger partial charge in [-0.05, 0) is 50.7 Å². The van der Waals surface area contributed by atoms with E-state index in [0.717, 1.165) is 30.6 Å². The van der Waals surface area contributed by atoms with Crippen LogP contribution in [-0.4, -0.2) is 53.4 Å². The highest BCUT2D eigenvalue weighted by molar-refractivity contribution is 7.89. The van der Waals surface area contributed by atoms with Crippen LogP contribution >= 0.6 is 0 Å². The monoisotopic (exact) mass is 410 g/mol. The number of aliphatic imine (C=N–C) groups is 1. The van der Waals surface area contributed by atoms with Crippen LogP contribution < -0.4 is 20.1 Å². The van der Waals surface area contributed by atoms with Crippen LogP contribution in [-0.2, 0) is 16.4 Å². The number of benzene rings is 1. The Labute approximate surface area is 169 Å². The zero-order valence-electron chi connectivity index (χ0n) is 17.3. The molecule has 1 aromatic carbocycles. The first kappa shape index (κ1) is 22.5. The summed E-state index contributed by atoms with van der Waals surface area (Å²) in [6.45, 7) is 6.22. The van der Waals surface area contributed by atoms with Crippen LogP contribution in [0.3, 0.4) is 0 Å². The molecule has 2 rings (SSSR count). The quantitative estimate of drug-likeness (QED) is 0.382. The first-order valence-electron chi connectivity index (χ1n) is 10.1. The van der Waals surface area contributed by atoms with Crippen LogP contribution in [0.15, 0.2) is 23.2 Å². The summed E-state index contributed by atoms with van der Waals surface area (Å²) in [6.07, 6.45) is 4.25. The molecule has 0 spiro atoms. The van der Waals surface area contributed by atoms with Gasteiger partial charge in [0.15, 0.2) is 5.96 Å². The standard InChI is InChI=1S/C20H34N4O3S/c1-4-21-20(22-11-10-18-14-16(2)8-9-19(18)27-3)23-12-13-28(25,26)24-15-17-6-5-7-17/h8-9,14,17,24H,4-7,10-13,15H2,1-3H3,(H2,21,22,23). The number of methoxy groups -OCH3 is 1. The van der Waals surface area contributed by atoms with Crippen molar-refractivity contribution >= 4 is 16.0 Å². The zero-order valence-corrected chi connectivity index (χ0v) is 18.1. The number of nitrogens with zero attached hydrogens (tertiary/aromatic N) is 1. The van der Waals surface area contributed by atoms with E-state index in [1.54, 1.807) is 7.11 Å². The van der Waals surface area contributed by atoms with Crippen molar-refractivity contribution in [3.8, 4) is 5.75 Å². The number of aryl methyl sites for hydroxylation is 1. The van der Waals surface area contributed by atoms with E-state index < -0.39 is 10.0 Å². The minimum atomic E-state index is -3.27. The summed E-state index contributed by atoms with van der Waals surface area (Å²) in [5, 5.41) is 6.42. The lowest BCUT2D eigenvalue weighted by Crippen LogP contribution is -2.39. The van der Waals surface area contributed by atoms with E-state index in [-0.39, 0.29) is 12.3 Å². The zero-order chi connectivity index (χ0) is 20.4. The third-order valence-corrected chi connectivity index (χ3v) is 6.24. The maximum atomic E-state index is 12.1. The molecule has 8 heteroatoms. The maximum Gasteiger partial charge on any atom is 0.213 e. The van der Waals surface area contributed by atoms with E-state index >= 15 is 0 Å². The summed E-state index contributed by atoms with van der Waals surface area (Å²) in [4.78, 5) is 4.40. The number of ether oxygens (including phenoxy) is 1. The lowest BCUT2D eigenvalue weighted by Gasteiger charge is -2.25. The van der Waals surface area contributed by atoms with Crippen molar-refractivity contribution in [1.29, 1.82) is 0 Å². The maximum absolute atomic E-state index is 12.1. The molecule has 1 aliphatic rings. The van der Waals surface area contributed by atoms with Gasteiger partial charge < -0.3 is 15.4 Å².